The van der Waals surface area contributed by atoms with Crippen molar-refractivity contribution in [3.63, 3.8) is 0 Å². The molecule has 0 heterocycles. The summed E-state index contributed by atoms with van der Waals surface area (Å²) in [5, 5.41) is 0. The molecule has 0 atom stereocenters. The van der Waals surface area contributed by atoms with Crippen LogP contribution in [0.15, 0.2) is 53.4 Å². The highest BCUT2D eigenvalue weighted by Crippen LogP contribution is 2.36. The lowest BCUT2D eigenvalue weighted by atomic mass is 9.99. The minimum atomic E-state index is -4.34. The quantitative estimate of drug-likeness (QED) is 0.703. The maximum absolute atomic E-state index is 12.8. The van der Waals surface area contributed by atoms with Gasteiger partial charge in [0.05, 0.1) is 5.56 Å². The second-order valence-corrected chi connectivity index (χ2v) is 4.11. The van der Waals surface area contributed by atoms with Crippen LogP contribution in [0.4, 0.5) is 13.2 Å². The highest BCUT2D eigenvalue weighted by atomic mass is 32.1. The summed E-state index contributed by atoms with van der Waals surface area (Å²) >= 11 is 4.10. The first kappa shape index (κ1) is 12.0. The summed E-state index contributed by atoms with van der Waals surface area (Å²) in [6, 6.07) is 12.1. The Morgan fingerprint density at radius 3 is 2.00 bits per heavy atom. The van der Waals surface area contributed by atoms with E-state index in [0.717, 1.165) is 11.0 Å². The predicted molar refractivity (Wildman–Crippen MR) is 64.1 cm³/mol. The number of thiol groups is 1. The Hall–Kier alpha value is -1.42. The predicted octanol–water partition coefficient (Wildman–Crippen LogP) is 4.66. The fourth-order valence-corrected chi connectivity index (χ4v) is 1.77. The second kappa shape index (κ2) is 4.45. The van der Waals surface area contributed by atoms with Crippen LogP contribution in [0.1, 0.15) is 5.56 Å². The van der Waals surface area contributed by atoms with Crippen molar-refractivity contribution in [3.05, 3.63) is 54.1 Å². The van der Waals surface area contributed by atoms with Crippen LogP contribution < -0.4 is 0 Å². The average molecular weight is 254 g/mol. The van der Waals surface area contributed by atoms with Crippen molar-refractivity contribution in [2.75, 3.05) is 0 Å². The molecule has 0 nitrogen and oxygen atoms in total. The zero-order chi connectivity index (χ0) is 12.5. The van der Waals surface area contributed by atoms with E-state index in [-0.39, 0.29) is 5.56 Å². The van der Waals surface area contributed by atoms with Gasteiger partial charge in [-0.15, -0.1) is 12.6 Å². The molecule has 0 saturated heterocycles. The van der Waals surface area contributed by atoms with Gasteiger partial charge in [0.25, 0.3) is 0 Å². The SMILES string of the molecule is FC(F)(F)c1ccccc1-c1ccc(S)cc1. The summed E-state index contributed by atoms with van der Waals surface area (Å²) in [7, 11) is 0. The van der Waals surface area contributed by atoms with E-state index in [9.17, 15) is 13.2 Å². The number of benzene rings is 2. The molecular formula is C13H9F3S. The van der Waals surface area contributed by atoms with Gasteiger partial charge in [-0.1, -0.05) is 30.3 Å². The van der Waals surface area contributed by atoms with E-state index in [1.54, 1.807) is 30.3 Å². The first-order chi connectivity index (χ1) is 7.98. The van der Waals surface area contributed by atoms with E-state index in [4.69, 9.17) is 0 Å². The van der Waals surface area contributed by atoms with Gasteiger partial charge in [-0.25, -0.2) is 0 Å². The van der Waals surface area contributed by atoms with Gasteiger partial charge < -0.3 is 0 Å². The van der Waals surface area contributed by atoms with Crippen LogP contribution in [0.25, 0.3) is 11.1 Å². The third-order valence-electron chi connectivity index (χ3n) is 2.41. The molecule has 0 amide bonds. The number of alkyl halides is 3. The highest BCUT2D eigenvalue weighted by molar-refractivity contribution is 7.80. The van der Waals surface area contributed by atoms with Gasteiger partial charge in [-0.3, -0.25) is 0 Å². The molecule has 0 bridgehead atoms. The van der Waals surface area contributed by atoms with Gasteiger partial charge in [0.1, 0.15) is 0 Å². The molecule has 0 saturated carbocycles. The van der Waals surface area contributed by atoms with Crippen LogP contribution in [-0.2, 0) is 6.18 Å². The van der Waals surface area contributed by atoms with Crippen LogP contribution >= 0.6 is 12.6 Å². The lowest BCUT2D eigenvalue weighted by Gasteiger charge is -2.12. The van der Waals surface area contributed by atoms with Gasteiger partial charge in [-0.05, 0) is 29.3 Å². The summed E-state index contributed by atoms with van der Waals surface area (Å²) in [6.45, 7) is 0. The normalized spacial score (nSPS) is 11.5. The van der Waals surface area contributed by atoms with Gasteiger partial charge in [-0.2, -0.15) is 13.2 Å². The maximum Gasteiger partial charge on any atom is 0.417 e. The molecule has 17 heavy (non-hydrogen) atoms. The smallest absolute Gasteiger partial charge is 0.166 e. The summed E-state index contributed by atoms with van der Waals surface area (Å²) < 4.78 is 38.4. The topological polar surface area (TPSA) is 0 Å². The Bertz CT molecular complexity index is 515. The third-order valence-corrected chi connectivity index (χ3v) is 2.71. The second-order valence-electron chi connectivity index (χ2n) is 3.59. The molecule has 0 spiro atoms. The van der Waals surface area contributed by atoms with Crippen molar-refractivity contribution in [2.24, 2.45) is 0 Å². The Kier molecular flexibility index (Phi) is 3.15. The molecule has 4 heteroatoms. The van der Waals surface area contributed by atoms with Crippen molar-refractivity contribution < 1.29 is 13.2 Å². The number of rotatable bonds is 1. The molecule has 0 unspecified atom stereocenters. The van der Waals surface area contributed by atoms with Crippen molar-refractivity contribution in [1.82, 2.24) is 0 Å². The standard InChI is InChI=1S/C13H9F3S/c14-13(15,16)12-4-2-1-3-11(12)9-5-7-10(17)8-6-9/h1-8,17H. The summed E-state index contributed by atoms with van der Waals surface area (Å²) in [6.07, 6.45) is -4.34. The fraction of sp³-hybridized carbons (Fsp3) is 0.0769. The van der Waals surface area contributed by atoms with Gasteiger partial charge in [0, 0.05) is 4.90 Å². The number of hydrogen-bond acceptors (Lipinski definition) is 1. The number of hydrogen-bond donors (Lipinski definition) is 1. The molecule has 0 aromatic heterocycles. The van der Waals surface area contributed by atoms with Crippen molar-refractivity contribution in [2.45, 2.75) is 11.1 Å². The van der Waals surface area contributed by atoms with Crippen LogP contribution in [-0.4, -0.2) is 0 Å². The number of halogens is 3. The summed E-state index contributed by atoms with van der Waals surface area (Å²) in [4.78, 5) is 0.721. The van der Waals surface area contributed by atoms with Crippen molar-refractivity contribution in [1.29, 1.82) is 0 Å². The molecule has 2 aromatic rings. The molecule has 0 aliphatic rings. The Morgan fingerprint density at radius 1 is 0.824 bits per heavy atom. The summed E-state index contributed by atoms with van der Waals surface area (Å²) in [5.41, 5.74) is 0.107. The third kappa shape index (κ3) is 2.64. The monoisotopic (exact) mass is 254 g/mol. The minimum absolute atomic E-state index is 0.188. The van der Waals surface area contributed by atoms with Crippen LogP contribution in [0.2, 0.25) is 0 Å². The molecule has 0 N–H and O–H groups in total. The first-order valence-electron chi connectivity index (χ1n) is 4.94. The average Bonchev–Trinajstić information content (AvgIpc) is 2.29. The van der Waals surface area contributed by atoms with Crippen molar-refractivity contribution in [3.8, 4) is 11.1 Å². The molecular weight excluding hydrogens is 245 g/mol. The molecule has 0 aliphatic heterocycles. The van der Waals surface area contributed by atoms with Gasteiger partial charge in [0.2, 0.25) is 0 Å². The van der Waals surface area contributed by atoms with Crippen LogP contribution in [0, 0.1) is 0 Å². The van der Waals surface area contributed by atoms with E-state index >= 15 is 0 Å². The largest absolute Gasteiger partial charge is 0.417 e. The lowest BCUT2D eigenvalue weighted by Crippen LogP contribution is -2.06. The van der Waals surface area contributed by atoms with Gasteiger partial charge in [0.15, 0.2) is 0 Å². The zero-order valence-electron chi connectivity index (χ0n) is 8.70. The van der Waals surface area contributed by atoms with E-state index in [1.165, 1.54) is 12.1 Å². The van der Waals surface area contributed by atoms with Crippen LogP contribution in [0.3, 0.4) is 0 Å². The van der Waals surface area contributed by atoms with E-state index in [0.29, 0.717) is 5.56 Å². The minimum Gasteiger partial charge on any atom is -0.166 e. The first-order valence-corrected chi connectivity index (χ1v) is 5.39. The Balaban J connectivity index is 2.56. The summed E-state index contributed by atoms with van der Waals surface area (Å²) in [5.74, 6) is 0. The van der Waals surface area contributed by atoms with Gasteiger partial charge >= 0.3 is 6.18 Å². The molecule has 2 aromatic carbocycles. The molecule has 0 fully saturated rings. The maximum atomic E-state index is 12.8. The zero-order valence-corrected chi connectivity index (χ0v) is 9.59. The highest BCUT2D eigenvalue weighted by Gasteiger charge is 2.33. The van der Waals surface area contributed by atoms with E-state index < -0.39 is 11.7 Å². The Labute approximate surface area is 103 Å². The fourth-order valence-electron chi connectivity index (χ4n) is 1.62. The molecule has 2 rings (SSSR count). The lowest BCUT2D eigenvalue weighted by molar-refractivity contribution is -0.137. The molecule has 88 valence electrons. The molecule has 0 radical (unpaired) electrons. The van der Waals surface area contributed by atoms with E-state index in [1.807, 2.05) is 0 Å². The van der Waals surface area contributed by atoms with E-state index in [2.05, 4.69) is 12.6 Å². The Morgan fingerprint density at radius 2 is 1.41 bits per heavy atom. The molecule has 0 aliphatic carbocycles. The van der Waals surface area contributed by atoms with Crippen molar-refractivity contribution >= 4 is 12.6 Å². The van der Waals surface area contributed by atoms with Crippen LogP contribution in [0.5, 0.6) is 0 Å².